The standard InChI is InChI=1S/C13H16ClN3/c1-2-17-8-7-16-13(17)12(15)9-10-3-5-11(14)6-4-10/h3-8,12H,2,9,15H2,1H3. The summed E-state index contributed by atoms with van der Waals surface area (Å²) in [7, 11) is 0. The van der Waals surface area contributed by atoms with E-state index in [0.717, 1.165) is 23.8 Å². The fourth-order valence-electron chi connectivity index (χ4n) is 1.88. The van der Waals surface area contributed by atoms with Crippen LogP contribution in [0.5, 0.6) is 0 Å². The van der Waals surface area contributed by atoms with E-state index in [2.05, 4.69) is 16.5 Å². The fraction of sp³-hybridized carbons (Fsp3) is 0.308. The van der Waals surface area contributed by atoms with Crippen molar-refractivity contribution >= 4 is 11.6 Å². The first-order chi connectivity index (χ1) is 8.20. The molecule has 17 heavy (non-hydrogen) atoms. The smallest absolute Gasteiger partial charge is 0.125 e. The number of nitrogens with zero attached hydrogens (tertiary/aromatic N) is 2. The Morgan fingerprint density at radius 1 is 1.35 bits per heavy atom. The molecule has 2 aromatic rings. The molecule has 4 heteroatoms. The number of imidazole rings is 1. The predicted octanol–water partition coefficient (Wildman–Crippen LogP) is 2.80. The van der Waals surface area contributed by atoms with Gasteiger partial charge < -0.3 is 10.3 Å². The highest BCUT2D eigenvalue weighted by atomic mass is 35.5. The molecular formula is C13H16ClN3. The third-order valence-electron chi connectivity index (χ3n) is 2.79. The summed E-state index contributed by atoms with van der Waals surface area (Å²) < 4.78 is 2.07. The zero-order valence-electron chi connectivity index (χ0n) is 9.81. The van der Waals surface area contributed by atoms with E-state index in [0.29, 0.717) is 0 Å². The first kappa shape index (κ1) is 12.1. The molecule has 0 fully saturated rings. The van der Waals surface area contributed by atoms with E-state index in [4.69, 9.17) is 17.3 Å². The number of rotatable bonds is 4. The van der Waals surface area contributed by atoms with Gasteiger partial charge in [0.2, 0.25) is 0 Å². The van der Waals surface area contributed by atoms with E-state index in [1.807, 2.05) is 30.5 Å². The number of hydrogen-bond acceptors (Lipinski definition) is 2. The molecule has 0 spiro atoms. The lowest BCUT2D eigenvalue weighted by atomic mass is 10.1. The van der Waals surface area contributed by atoms with Gasteiger partial charge in [0.15, 0.2) is 0 Å². The third-order valence-corrected chi connectivity index (χ3v) is 3.04. The topological polar surface area (TPSA) is 43.8 Å². The number of aromatic nitrogens is 2. The molecule has 0 radical (unpaired) electrons. The summed E-state index contributed by atoms with van der Waals surface area (Å²) in [6.45, 7) is 2.98. The minimum absolute atomic E-state index is 0.0777. The van der Waals surface area contributed by atoms with Crippen LogP contribution in [0.15, 0.2) is 36.7 Å². The summed E-state index contributed by atoms with van der Waals surface area (Å²) in [5.41, 5.74) is 7.34. The number of aryl methyl sites for hydroxylation is 1. The van der Waals surface area contributed by atoms with E-state index in [1.165, 1.54) is 5.56 Å². The van der Waals surface area contributed by atoms with Crippen molar-refractivity contribution in [1.82, 2.24) is 9.55 Å². The van der Waals surface area contributed by atoms with Crippen molar-refractivity contribution in [3.05, 3.63) is 53.1 Å². The average molecular weight is 250 g/mol. The zero-order chi connectivity index (χ0) is 12.3. The summed E-state index contributed by atoms with van der Waals surface area (Å²) in [5, 5.41) is 0.748. The van der Waals surface area contributed by atoms with Gasteiger partial charge in [0.05, 0.1) is 6.04 Å². The lowest BCUT2D eigenvalue weighted by Gasteiger charge is -2.13. The van der Waals surface area contributed by atoms with Crippen LogP contribution in [-0.4, -0.2) is 9.55 Å². The normalized spacial score (nSPS) is 12.6. The van der Waals surface area contributed by atoms with Crippen molar-refractivity contribution < 1.29 is 0 Å². The molecule has 0 saturated carbocycles. The van der Waals surface area contributed by atoms with E-state index in [9.17, 15) is 0 Å². The van der Waals surface area contributed by atoms with E-state index < -0.39 is 0 Å². The van der Waals surface area contributed by atoms with E-state index >= 15 is 0 Å². The van der Waals surface area contributed by atoms with Crippen molar-refractivity contribution in [1.29, 1.82) is 0 Å². The molecule has 1 atom stereocenters. The average Bonchev–Trinajstić information content (AvgIpc) is 2.80. The van der Waals surface area contributed by atoms with Crippen LogP contribution in [0.4, 0.5) is 0 Å². The monoisotopic (exact) mass is 249 g/mol. The highest BCUT2D eigenvalue weighted by molar-refractivity contribution is 6.30. The molecule has 2 rings (SSSR count). The molecule has 0 aliphatic carbocycles. The number of nitrogens with two attached hydrogens (primary N) is 1. The summed E-state index contributed by atoms with van der Waals surface area (Å²) in [5.74, 6) is 0.933. The maximum absolute atomic E-state index is 6.17. The van der Waals surface area contributed by atoms with Crippen LogP contribution in [0.3, 0.4) is 0 Å². The van der Waals surface area contributed by atoms with Crippen molar-refractivity contribution in [3.63, 3.8) is 0 Å². The molecule has 3 nitrogen and oxygen atoms in total. The van der Waals surface area contributed by atoms with Crippen molar-refractivity contribution in [3.8, 4) is 0 Å². The van der Waals surface area contributed by atoms with Gasteiger partial charge in [0.25, 0.3) is 0 Å². The van der Waals surface area contributed by atoms with Gasteiger partial charge >= 0.3 is 0 Å². The number of hydrogen-bond donors (Lipinski definition) is 1. The molecular weight excluding hydrogens is 234 g/mol. The van der Waals surface area contributed by atoms with Crippen LogP contribution in [0, 0.1) is 0 Å². The van der Waals surface area contributed by atoms with Crippen LogP contribution in [0.2, 0.25) is 5.02 Å². The maximum atomic E-state index is 6.17. The minimum atomic E-state index is -0.0777. The highest BCUT2D eigenvalue weighted by Crippen LogP contribution is 2.16. The second kappa shape index (κ2) is 5.34. The van der Waals surface area contributed by atoms with Crippen LogP contribution >= 0.6 is 11.6 Å². The number of benzene rings is 1. The van der Waals surface area contributed by atoms with Crippen LogP contribution < -0.4 is 5.73 Å². The Bertz CT molecular complexity index is 476. The van der Waals surface area contributed by atoms with Gasteiger partial charge in [0, 0.05) is 24.0 Å². The molecule has 0 amide bonds. The van der Waals surface area contributed by atoms with Gasteiger partial charge in [-0.1, -0.05) is 23.7 Å². The maximum Gasteiger partial charge on any atom is 0.125 e. The van der Waals surface area contributed by atoms with Gasteiger partial charge in [-0.25, -0.2) is 4.98 Å². The summed E-state index contributed by atoms with van der Waals surface area (Å²) in [6, 6.07) is 7.69. The molecule has 0 aliphatic rings. The molecule has 1 aromatic carbocycles. The molecule has 1 unspecified atom stereocenters. The molecule has 1 heterocycles. The molecule has 0 bridgehead atoms. The lowest BCUT2D eigenvalue weighted by molar-refractivity contribution is 0.600. The largest absolute Gasteiger partial charge is 0.334 e. The number of halogens is 1. The van der Waals surface area contributed by atoms with Gasteiger partial charge in [0.1, 0.15) is 5.82 Å². The van der Waals surface area contributed by atoms with Crippen LogP contribution in [0.1, 0.15) is 24.4 Å². The quantitative estimate of drug-likeness (QED) is 0.906. The minimum Gasteiger partial charge on any atom is -0.334 e. The Morgan fingerprint density at radius 2 is 2.06 bits per heavy atom. The van der Waals surface area contributed by atoms with E-state index in [-0.39, 0.29) is 6.04 Å². The van der Waals surface area contributed by atoms with Gasteiger partial charge in [-0.3, -0.25) is 0 Å². The van der Waals surface area contributed by atoms with Crippen molar-refractivity contribution in [2.24, 2.45) is 5.73 Å². The fourth-order valence-corrected chi connectivity index (χ4v) is 2.01. The Morgan fingerprint density at radius 3 is 2.71 bits per heavy atom. The highest BCUT2D eigenvalue weighted by Gasteiger charge is 2.12. The predicted molar refractivity (Wildman–Crippen MR) is 70.0 cm³/mol. The Kier molecular flexibility index (Phi) is 3.82. The van der Waals surface area contributed by atoms with Gasteiger partial charge in [-0.05, 0) is 31.0 Å². The molecule has 2 N–H and O–H groups in total. The summed E-state index contributed by atoms with van der Waals surface area (Å²) in [4.78, 5) is 4.31. The molecule has 90 valence electrons. The molecule has 0 aliphatic heterocycles. The van der Waals surface area contributed by atoms with Crippen LogP contribution in [-0.2, 0) is 13.0 Å². The summed E-state index contributed by atoms with van der Waals surface area (Å²) in [6.07, 6.45) is 4.52. The lowest BCUT2D eigenvalue weighted by Crippen LogP contribution is -2.18. The Labute approximate surface area is 106 Å². The zero-order valence-corrected chi connectivity index (χ0v) is 10.6. The van der Waals surface area contributed by atoms with Crippen molar-refractivity contribution in [2.45, 2.75) is 25.9 Å². The Hall–Kier alpha value is -1.32. The molecule has 0 saturated heterocycles. The SMILES string of the molecule is CCn1ccnc1C(N)Cc1ccc(Cl)cc1. The second-order valence-electron chi connectivity index (χ2n) is 4.01. The van der Waals surface area contributed by atoms with Crippen LogP contribution in [0.25, 0.3) is 0 Å². The Balaban J connectivity index is 2.11. The second-order valence-corrected chi connectivity index (χ2v) is 4.44. The third kappa shape index (κ3) is 2.87. The molecule has 1 aromatic heterocycles. The first-order valence-electron chi connectivity index (χ1n) is 5.71. The van der Waals surface area contributed by atoms with Gasteiger partial charge in [-0.15, -0.1) is 0 Å². The van der Waals surface area contributed by atoms with Crippen molar-refractivity contribution in [2.75, 3.05) is 0 Å². The summed E-state index contributed by atoms with van der Waals surface area (Å²) >= 11 is 5.85. The van der Waals surface area contributed by atoms with Gasteiger partial charge in [-0.2, -0.15) is 0 Å². The first-order valence-corrected chi connectivity index (χ1v) is 6.09. The van der Waals surface area contributed by atoms with E-state index in [1.54, 1.807) is 6.20 Å².